The number of piperidine rings is 1. The highest BCUT2D eigenvalue weighted by molar-refractivity contribution is 7.85. The van der Waals surface area contributed by atoms with Crippen LogP contribution in [0.5, 0.6) is 5.75 Å². The van der Waals surface area contributed by atoms with E-state index in [4.69, 9.17) is 13.9 Å². The topological polar surface area (TPSA) is 68.2 Å². The van der Waals surface area contributed by atoms with Crippen molar-refractivity contribution in [3.05, 3.63) is 29.3 Å². The van der Waals surface area contributed by atoms with Crippen molar-refractivity contribution in [2.75, 3.05) is 20.2 Å². The number of amides is 1. The van der Waals surface area contributed by atoms with Crippen LogP contribution in [0, 0.1) is 5.41 Å². The minimum absolute atomic E-state index is 0.214. The van der Waals surface area contributed by atoms with E-state index in [-0.39, 0.29) is 11.5 Å². The Hall–Kier alpha value is -1.89. The van der Waals surface area contributed by atoms with Gasteiger partial charge in [-0.2, -0.15) is 4.40 Å². The first kappa shape index (κ1) is 22.8. The summed E-state index contributed by atoms with van der Waals surface area (Å²) < 4.78 is 28.3. The van der Waals surface area contributed by atoms with Gasteiger partial charge in [-0.05, 0) is 78.5 Å². The van der Waals surface area contributed by atoms with Crippen molar-refractivity contribution in [1.82, 2.24) is 4.90 Å². The third-order valence-electron chi connectivity index (χ3n) is 5.67. The molecule has 1 atom stereocenters. The van der Waals surface area contributed by atoms with Crippen molar-refractivity contribution >= 4 is 22.8 Å². The van der Waals surface area contributed by atoms with E-state index in [0.29, 0.717) is 13.1 Å². The van der Waals surface area contributed by atoms with Gasteiger partial charge in [0.1, 0.15) is 22.3 Å². The fourth-order valence-electron chi connectivity index (χ4n) is 4.01. The van der Waals surface area contributed by atoms with Gasteiger partial charge >= 0.3 is 6.09 Å². The average molecular weight is 435 g/mol. The summed E-state index contributed by atoms with van der Waals surface area (Å²) in [4.78, 5) is 14.3. The first-order valence-electron chi connectivity index (χ1n) is 10.5. The minimum Gasteiger partial charge on any atom is -0.497 e. The van der Waals surface area contributed by atoms with Gasteiger partial charge in [-0.25, -0.2) is 9.00 Å². The van der Waals surface area contributed by atoms with Crippen molar-refractivity contribution in [3.8, 4) is 5.75 Å². The first-order chi connectivity index (χ1) is 13.8. The number of ether oxygens (including phenoxy) is 2. The van der Waals surface area contributed by atoms with E-state index in [1.807, 2.05) is 53.7 Å². The molecule has 1 amide bonds. The molecule has 6 nitrogen and oxygen atoms in total. The molecule has 1 aromatic carbocycles. The number of fused-ring (bicyclic) bond motifs is 1. The van der Waals surface area contributed by atoms with Crippen molar-refractivity contribution in [2.45, 2.75) is 71.2 Å². The molecule has 1 heterocycles. The van der Waals surface area contributed by atoms with E-state index in [1.54, 1.807) is 12.0 Å². The Morgan fingerprint density at radius 1 is 1.13 bits per heavy atom. The van der Waals surface area contributed by atoms with Crippen LogP contribution >= 0.6 is 0 Å². The van der Waals surface area contributed by atoms with Crippen LogP contribution in [-0.4, -0.2) is 51.5 Å². The monoisotopic (exact) mass is 434 g/mol. The Morgan fingerprint density at radius 3 is 2.30 bits per heavy atom. The SMILES string of the molecule is COc1ccc2c(c1)C(=N[S@](=O)C(C)(C)C)C1(CCN(C(=O)OC(C)(C)C)CC1)C2. The van der Waals surface area contributed by atoms with E-state index in [9.17, 15) is 9.00 Å². The lowest BCUT2D eigenvalue weighted by Gasteiger charge is -2.40. The van der Waals surface area contributed by atoms with Gasteiger partial charge in [0.25, 0.3) is 0 Å². The highest BCUT2D eigenvalue weighted by atomic mass is 32.2. The number of rotatable bonds is 2. The molecule has 1 fully saturated rings. The Labute approximate surface area is 182 Å². The number of carbonyl (C=O) groups excluding carboxylic acids is 1. The van der Waals surface area contributed by atoms with Crippen LogP contribution in [0.2, 0.25) is 0 Å². The molecule has 1 aliphatic heterocycles. The highest BCUT2D eigenvalue weighted by Gasteiger charge is 2.47. The molecule has 2 aliphatic rings. The number of nitrogens with zero attached hydrogens (tertiary/aromatic N) is 2. The van der Waals surface area contributed by atoms with Crippen molar-refractivity contribution in [3.63, 3.8) is 0 Å². The largest absolute Gasteiger partial charge is 0.497 e. The number of hydrogen-bond donors (Lipinski definition) is 0. The maximum absolute atomic E-state index is 12.9. The van der Waals surface area contributed by atoms with Crippen molar-refractivity contribution in [2.24, 2.45) is 9.81 Å². The Balaban J connectivity index is 1.91. The van der Waals surface area contributed by atoms with Gasteiger partial charge in [0.2, 0.25) is 0 Å². The van der Waals surface area contributed by atoms with Crippen LogP contribution in [0.1, 0.15) is 65.5 Å². The number of hydrogen-bond acceptors (Lipinski definition) is 4. The zero-order valence-electron chi connectivity index (χ0n) is 19.2. The summed E-state index contributed by atoms with van der Waals surface area (Å²) in [5.74, 6) is 0.770. The number of methoxy groups -OCH3 is 1. The molecule has 3 rings (SSSR count). The highest BCUT2D eigenvalue weighted by Crippen LogP contribution is 2.46. The second kappa shape index (κ2) is 7.98. The van der Waals surface area contributed by atoms with Crippen LogP contribution in [0.3, 0.4) is 0 Å². The maximum Gasteiger partial charge on any atom is 0.410 e. The number of benzene rings is 1. The molecule has 1 aromatic rings. The lowest BCUT2D eigenvalue weighted by atomic mass is 9.74. The van der Waals surface area contributed by atoms with Crippen LogP contribution in [0.25, 0.3) is 0 Å². The second-order valence-corrected chi connectivity index (χ2v) is 12.2. The molecule has 166 valence electrons. The Morgan fingerprint density at radius 2 is 1.77 bits per heavy atom. The summed E-state index contributed by atoms with van der Waals surface area (Å²) in [6.45, 7) is 12.6. The first-order valence-corrected chi connectivity index (χ1v) is 11.6. The predicted molar refractivity (Wildman–Crippen MR) is 121 cm³/mol. The normalized spacial score (nSPS) is 20.9. The van der Waals surface area contributed by atoms with Gasteiger partial charge in [-0.3, -0.25) is 0 Å². The molecule has 1 saturated heterocycles. The molecule has 30 heavy (non-hydrogen) atoms. The summed E-state index contributed by atoms with van der Waals surface area (Å²) in [6, 6.07) is 6.05. The van der Waals surface area contributed by atoms with Gasteiger partial charge in [-0.1, -0.05) is 6.07 Å². The fourth-order valence-corrected chi connectivity index (χ4v) is 4.75. The van der Waals surface area contributed by atoms with Crippen LogP contribution in [0.4, 0.5) is 4.79 Å². The van der Waals surface area contributed by atoms with Gasteiger partial charge in [0.15, 0.2) is 0 Å². The van der Waals surface area contributed by atoms with Gasteiger partial charge in [-0.15, -0.1) is 0 Å². The minimum atomic E-state index is -1.36. The number of carbonyl (C=O) groups is 1. The zero-order chi connectivity index (χ0) is 22.3. The summed E-state index contributed by atoms with van der Waals surface area (Å²) in [5, 5.41) is 0. The van der Waals surface area contributed by atoms with Crippen LogP contribution in [-0.2, 0) is 22.1 Å². The third-order valence-corrected chi connectivity index (χ3v) is 7.07. The molecular formula is C23H34N2O4S. The molecule has 0 N–H and O–H groups in total. The zero-order valence-corrected chi connectivity index (χ0v) is 20.0. The molecule has 1 spiro atoms. The van der Waals surface area contributed by atoms with Gasteiger partial charge < -0.3 is 14.4 Å². The quantitative estimate of drug-likeness (QED) is 0.686. The summed E-state index contributed by atoms with van der Waals surface area (Å²) in [7, 11) is 0.289. The second-order valence-electron chi connectivity index (χ2n) is 10.2. The van der Waals surface area contributed by atoms with Gasteiger partial charge in [0, 0.05) is 24.1 Å². The van der Waals surface area contributed by atoms with E-state index in [1.165, 1.54) is 5.56 Å². The third kappa shape index (κ3) is 4.71. The Kier molecular flexibility index (Phi) is 6.07. The van der Waals surface area contributed by atoms with E-state index >= 15 is 0 Å². The summed E-state index contributed by atoms with van der Waals surface area (Å²) >= 11 is 0. The average Bonchev–Trinajstić information content (AvgIpc) is 2.92. The molecule has 7 heteroatoms. The maximum atomic E-state index is 12.9. The summed E-state index contributed by atoms with van der Waals surface area (Å²) in [5.41, 5.74) is 2.40. The summed E-state index contributed by atoms with van der Waals surface area (Å²) in [6.07, 6.45) is 2.10. The molecule has 0 saturated carbocycles. The predicted octanol–water partition coefficient (Wildman–Crippen LogP) is 4.52. The smallest absolute Gasteiger partial charge is 0.410 e. The molecular weight excluding hydrogens is 400 g/mol. The molecule has 0 radical (unpaired) electrons. The molecule has 0 unspecified atom stereocenters. The van der Waals surface area contributed by atoms with Crippen molar-refractivity contribution < 1.29 is 18.5 Å². The molecule has 0 aromatic heterocycles. The standard InChI is InChI=1S/C23H34N2O4S/c1-21(2,3)29-20(26)25-12-10-23(11-13-25)15-16-8-9-17(28-7)14-18(16)19(23)24-30(27)22(4,5)6/h8-9,14H,10-13,15H2,1-7H3/t30-/m1/s1. The molecule has 1 aliphatic carbocycles. The lowest BCUT2D eigenvalue weighted by molar-refractivity contribution is 0.0159. The lowest BCUT2D eigenvalue weighted by Crippen LogP contribution is -2.47. The van der Waals surface area contributed by atoms with Gasteiger partial charge in [0.05, 0.1) is 17.6 Å². The van der Waals surface area contributed by atoms with E-state index in [2.05, 4.69) is 6.07 Å². The van der Waals surface area contributed by atoms with Crippen LogP contribution in [0.15, 0.2) is 22.6 Å². The van der Waals surface area contributed by atoms with E-state index in [0.717, 1.165) is 36.3 Å². The molecule has 0 bridgehead atoms. The van der Waals surface area contributed by atoms with Crippen LogP contribution < -0.4 is 4.74 Å². The van der Waals surface area contributed by atoms with E-state index < -0.39 is 21.3 Å². The number of likely N-dealkylation sites (tertiary alicyclic amines) is 1. The van der Waals surface area contributed by atoms with Crippen molar-refractivity contribution in [1.29, 1.82) is 0 Å². The fraction of sp³-hybridized carbons (Fsp3) is 0.652. The Bertz CT molecular complexity index is 872.